The van der Waals surface area contributed by atoms with Gasteiger partial charge in [-0.25, -0.2) is 9.97 Å². The van der Waals surface area contributed by atoms with Crippen LogP contribution in [0.2, 0.25) is 0 Å². The van der Waals surface area contributed by atoms with Gasteiger partial charge in [0.25, 0.3) is 0 Å². The van der Waals surface area contributed by atoms with Crippen molar-refractivity contribution in [3.05, 3.63) is 53.1 Å². The number of nitrogens with zero attached hydrogens (tertiary/aromatic N) is 3. The number of fused-ring (bicyclic) bond motifs is 1. The van der Waals surface area contributed by atoms with E-state index in [1.54, 1.807) is 12.1 Å². The van der Waals surface area contributed by atoms with Gasteiger partial charge in [-0.2, -0.15) is 0 Å². The van der Waals surface area contributed by atoms with Gasteiger partial charge in [0.1, 0.15) is 5.52 Å². The molecule has 0 amide bonds. The summed E-state index contributed by atoms with van der Waals surface area (Å²) < 4.78 is 0. The van der Waals surface area contributed by atoms with E-state index in [0.717, 1.165) is 17.0 Å². The predicted molar refractivity (Wildman–Crippen MR) is 79.6 cm³/mol. The lowest BCUT2D eigenvalue weighted by molar-refractivity contribution is 1.19. The molecule has 0 fully saturated rings. The summed E-state index contributed by atoms with van der Waals surface area (Å²) in [6.45, 7) is 1.89. The first-order valence-corrected chi connectivity index (χ1v) is 6.16. The molecule has 1 heterocycles. The van der Waals surface area contributed by atoms with E-state index in [1.165, 1.54) is 0 Å². The summed E-state index contributed by atoms with van der Waals surface area (Å²) in [7, 11) is 0. The molecule has 3 rings (SSSR count). The molecular weight excluding hydrogens is 252 g/mol. The highest BCUT2D eigenvalue weighted by molar-refractivity contribution is 5.94. The number of hydrogen-bond donors (Lipinski definition) is 1. The van der Waals surface area contributed by atoms with Crippen molar-refractivity contribution >= 4 is 22.4 Å². The van der Waals surface area contributed by atoms with Crippen molar-refractivity contribution in [1.82, 2.24) is 9.97 Å². The monoisotopic (exact) mass is 264 g/mol. The van der Waals surface area contributed by atoms with Crippen LogP contribution in [0, 0.1) is 11.8 Å². The molecular formula is C15H12N4O. The number of aromatic nitrogens is 2. The molecule has 98 valence electrons. The topological polar surface area (TPSA) is 81.2 Å². The molecule has 0 radical (unpaired) electrons. The van der Waals surface area contributed by atoms with Gasteiger partial charge in [0.05, 0.1) is 22.6 Å². The fourth-order valence-electron chi connectivity index (χ4n) is 2.18. The highest BCUT2D eigenvalue weighted by atomic mass is 16.3. The van der Waals surface area contributed by atoms with Crippen molar-refractivity contribution < 1.29 is 0 Å². The lowest BCUT2D eigenvalue weighted by atomic mass is 10.1. The molecule has 0 unspecified atom stereocenters. The summed E-state index contributed by atoms with van der Waals surface area (Å²) in [6.07, 6.45) is 0. The standard InChI is InChI=1S/C15H12N4O/c1-9-13(10-5-3-2-4-6-10)18-15-12(17-9)8-7-11(16)14(15)19-20/h2-8H,16H2,1H3. The Balaban J connectivity index is 2.35. The first-order chi connectivity index (χ1) is 9.70. The Morgan fingerprint density at radius 2 is 1.80 bits per heavy atom. The van der Waals surface area contributed by atoms with Crippen LogP contribution in [0.15, 0.2) is 47.6 Å². The molecule has 0 atom stereocenters. The van der Waals surface area contributed by atoms with E-state index < -0.39 is 0 Å². The fourth-order valence-corrected chi connectivity index (χ4v) is 2.18. The Kier molecular flexibility index (Phi) is 2.87. The summed E-state index contributed by atoms with van der Waals surface area (Å²) >= 11 is 0. The van der Waals surface area contributed by atoms with E-state index >= 15 is 0 Å². The largest absolute Gasteiger partial charge is 0.397 e. The number of nitrogen functional groups attached to an aromatic ring is 1. The molecule has 1 aromatic heterocycles. The van der Waals surface area contributed by atoms with Gasteiger partial charge in [0.2, 0.25) is 0 Å². The first kappa shape index (κ1) is 12.2. The summed E-state index contributed by atoms with van der Waals surface area (Å²) in [4.78, 5) is 20.0. The average molecular weight is 264 g/mol. The van der Waals surface area contributed by atoms with Gasteiger partial charge in [0, 0.05) is 5.56 Å². The molecule has 2 N–H and O–H groups in total. The smallest absolute Gasteiger partial charge is 0.158 e. The molecule has 5 nitrogen and oxygen atoms in total. The van der Waals surface area contributed by atoms with Crippen molar-refractivity contribution in [3.63, 3.8) is 0 Å². The Morgan fingerprint density at radius 1 is 1.05 bits per heavy atom. The summed E-state index contributed by atoms with van der Waals surface area (Å²) in [5.41, 5.74) is 9.74. The van der Waals surface area contributed by atoms with E-state index in [2.05, 4.69) is 15.1 Å². The maximum absolute atomic E-state index is 11.0. The highest BCUT2D eigenvalue weighted by Crippen LogP contribution is 2.32. The molecule has 0 aliphatic heterocycles. The maximum atomic E-state index is 11.0. The molecule has 2 aromatic carbocycles. The normalized spacial score (nSPS) is 10.7. The van der Waals surface area contributed by atoms with Gasteiger partial charge in [-0.3, -0.25) is 0 Å². The number of rotatable bonds is 2. The second-order valence-electron chi connectivity index (χ2n) is 4.49. The zero-order valence-corrected chi connectivity index (χ0v) is 10.9. The van der Waals surface area contributed by atoms with Crippen molar-refractivity contribution in [1.29, 1.82) is 0 Å². The number of nitroso groups, excluding NO2 is 1. The van der Waals surface area contributed by atoms with Gasteiger partial charge >= 0.3 is 0 Å². The van der Waals surface area contributed by atoms with Crippen LogP contribution in [0.3, 0.4) is 0 Å². The summed E-state index contributed by atoms with van der Waals surface area (Å²) in [5, 5.41) is 2.99. The average Bonchev–Trinajstić information content (AvgIpc) is 2.48. The second kappa shape index (κ2) is 4.70. The van der Waals surface area contributed by atoms with E-state index in [1.807, 2.05) is 37.3 Å². The third kappa shape index (κ3) is 1.89. The fraction of sp³-hybridized carbons (Fsp3) is 0.0667. The number of aryl methyl sites for hydroxylation is 1. The quantitative estimate of drug-likeness (QED) is 0.566. The van der Waals surface area contributed by atoms with Gasteiger partial charge in [-0.1, -0.05) is 30.3 Å². The molecule has 0 saturated heterocycles. The third-order valence-corrected chi connectivity index (χ3v) is 3.15. The third-order valence-electron chi connectivity index (χ3n) is 3.15. The Bertz CT molecular complexity index is 800. The summed E-state index contributed by atoms with van der Waals surface area (Å²) in [6, 6.07) is 13.1. The molecule has 0 saturated carbocycles. The van der Waals surface area contributed by atoms with Crippen LogP contribution < -0.4 is 5.73 Å². The van der Waals surface area contributed by atoms with E-state index in [9.17, 15) is 4.91 Å². The number of benzene rings is 2. The Morgan fingerprint density at radius 3 is 2.50 bits per heavy atom. The van der Waals surface area contributed by atoms with E-state index in [-0.39, 0.29) is 5.69 Å². The Labute approximate surface area is 115 Å². The minimum absolute atomic E-state index is 0.146. The SMILES string of the molecule is Cc1nc2ccc(N)c(N=O)c2nc1-c1ccccc1. The second-order valence-corrected chi connectivity index (χ2v) is 4.49. The Hall–Kier alpha value is -2.82. The number of anilines is 1. The van der Waals surface area contributed by atoms with Crippen LogP contribution >= 0.6 is 0 Å². The molecule has 0 bridgehead atoms. The molecule has 20 heavy (non-hydrogen) atoms. The van der Waals surface area contributed by atoms with Gasteiger partial charge in [-0.05, 0) is 24.2 Å². The van der Waals surface area contributed by atoms with E-state index in [4.69, 9.17) is 5.73 Å². The van der Waals surface area contributed by atoms with Crippen LogP contribution in [0.5, 0.6) is 0 Å². The van der Waals surface area contributed by atoms with Crippen molar-refractivity contribution in [2.45, 2.75) is 6.92 Å². The molecule has 0 aliphatic rings. The van der Waals surface area contributed by atoms with Crippen molar-refractivity contribution in [3.8, 4) is 11.3 Å². The summed E-state index contributed by atoms with van der Waals surface area (Å²) in [5.74, 6) is 0. The van der Waals surface area contributed by atoms with Crippen LogP contribution in [0.1, 0.15) is 5.69 Å². The van der Waals surface area contributed by atoms with E-state index in [0.29, 0.717) is 16.7 Å². The number of nitrogens with two attached hydrogens (primary N) is 1. The first-order valence-electron chi connectivity index (χ1n) is 6.16. The van der Waals surface area contributed by atoms with Gasteiger partial charge in [0.15, 0.2) is 5.69 Å². The van der Waals surface area contributed by atoms with Crippen molar-refractivity contribution in [2.24, 2.45) is 5.18 Å². The molecule has 3 aromatic rings. The lowest BCUT2D eigenvalue weighted by Crippen LogP contribution is -1.96. The van der Waals surface area contributed by atoms with Gasteiger partial charge < -0.3 is 5.73 Å². The zero-order valence-electron chi connectivity index (χ0n) is 10.9. The van der Waals surface area contributed by atoms with Crippen LogP contribution in [0.4, 0.5) is 11.4 Å². The van der Waals surface area contributed by atoms with Crippen molar-refractivity contribution in [2.75, 3.05) is 5.73 Å². The molecule has 5 heteroatoms. The van der Waals surface area contributed by atoms with Crippen LogP contribution in [0.25, 0.3) is 22.3 Å². The highest BCUT2D eigenvalue weighted by Gasteiger charge is 2.13. The van der Waals surface area contributed by atoms with Gasteiger partial charge in [-0.15, -0.1) is 4.91 Å². The van der Waals surface area contributed by atoms with Crippen LogP contribution in [-0.4, -0.2) is 9.97 Å². The zero-order chi connectivity index (χ0) is 14.1. The minimum Gasteiger partial charge on any atom is -0.397 e. The molecule has 0 aliphatic carbocycles. The number of hydrogen-bond acceptors (Lipinski definition) is 5. The maximum Gasteiger partial charge on any atom is 0.158 e. The predicted octanol–water partition coefficient (Wildman–Crippen LogP) is 3.59. The van der Waals surface area contributed by atoms with Crippen LogP contribution in [-0.2, 0) is 0 Å². The lowest BCUT2D eigenvalue weighted by Gasteiger charge is -2.08. The molecule has 0 spiro atoms. The minimum atomic E-state index is 0.146.